The van der Waals surface area contributed by atoms with Gasteiger partial charge in [0.25, 0.3) is 0 Å². The van der Waals surface area contributed by atoms with Crippen molar-refractivity contribution in [3.8, 4) is 0 Å². The SMILES string of the molecule is CCCCCC=C=CC1(S(=O)C2(C=C=CCCCCC)C=CC=CC2)C=CC=CC1. The fourth-order valence-electron chi connectivity index (χ4n) is 3.74. The number of rotatable bonds is 12. The molecule has 0 aromatic rings. The van der Waals surface area contributed by atoms with Crippen LogP contribution in [0.4, 0.5) is 0 Å². The van der Waals surface area contributed by atoms with Gasteiger partial charge in [0.05, 0.1) is 20.3 Å². The highest BCUT2D eigenvalue weighted by molar-refractivity contribution is 7.88. The Morgan fingerprint density at radius 3 is 1.60 bits per heavy atom. The second-order valence-electron chi connectivity index (χ2n) is 8.18. The van der Waals surface area contributed by atoms with Crippen molar-refractivity contribution in [2.75, 3.05) is 0 Å². The van der Waals surface area contributed by atoms with E-state index in [9.17, 15) is 4.21 Å². The Morgan fingerprint density at radius 2 is 1.23 bits per heavy atom. The first-order chi connectivity index (χ1) is 14.7. The van der Waals surface area contributed by atoms with Crippen LogP contribution in [0, 0.1) is 0 Å². The lowest BCUT2D eigenvalue weighted by Gasteiger charge is -2.36. The van der Waals surface area contributed by atoms with Crippen molar-refractivity contribution in [3.05, 3.63) is 84.4 Å². The molecule has 2 aliphatic carbocycles. The van der Waals surface area contributed by atoms with Gasteiger partial charge in [-0.15, -0.1) is 11.5 Å². The van der Waals surface area contributed by atoms with Gasteiger partial charge >= 0.3 is 0 Å². The summed E-state index contributed by atoms with van der Waals surface area (Å²) in [6.45, 7) is 4.43. The molecule has 30 heavy (non-hydrogen) atoms. The van der Waals surface area contributed by atoms with E-state index in [4.69, 9.17) is 0 Å². The van der Waals surface area contributed by atoms with Gasteiger partial charge in [-0.1, -0.05) is 88.1 Å². The largest absolute Gasteiger partial charge is 0.257 e. The number of unbranched alkanes of at least 4 members (excludes halogenated alkanes) is 6. The standard InChI is InChI=1S/C28H38OS/c1-3-5-7-9-11-15-21-27(23-17-13-18-24-27)30(29)28(25-19-14-20-26-28)22-16-12-10-8-6-4-2/h11-14,17-23,25H,3-10,24,26H2,1-2H3. The van der Waals surface area contributed by atoms with Crippen molar-refractivity contribution in [3.63, 3.8) is 0 Å². The Bertz CT molecular complexity index is 730. The lowest BCUT2D eigenvalue weighted by atomic mass is 9.98. The van der Waals surface area contributed by atoms with E-state index in [1.807, 2.05) is 36.5 Å². The van der Waals surface area contributed by atoms with Gasteiger partial charge in [0, 0.05) is 0 Å². The van der Waals surface area contributed by atoms with Gasteiger partial charge in [-0.05, 0) is 62.8 Å². The molecule has 0 amide bonds. The molecule has 0 aromatic carbocycles. The van der Waals surface area contributed by atoms with E-state index in [1.165, 1.54) is 38.5 Å². The maximum Gasteiger partial charge on any atom is 0.0941 e. The van der Waals surface area contributed by atoms with Crippen molar-refractivity contribution >= 4 is 10.8 Å². The Morgan fingerprint density at radius 1 is 0.767 bits per heavy atom. The topological polar surface area (TPSA) is 17.1 Å². The molecule has 0 aliphatic heterocycles. The van der Waals surface area contributed by atoms with Crippen LogP contribution in [0.25, 0.3) is 0 Å². The van der Waals surface area contributed by atoms with Crippen molar-refractivity contribution < 1.29 is 4.21 Å². The average molecular weight is 423 g/mol. The van der Waals surface area contributed by atoms with Crippen molar-refractivity contribution in [2.24, 2.45) is 0 Å². The van der Waals surface area contributed by atoms with Gasteiger partial charge < -0.3 is 0 Å². The van der Waals surface area contributed by atoms with Gasteiger partial charge in [0.2, 0.25) is 0 Å². The van der Waals surface area contributed by atoms with Crippen molar-refractivity contribution in [1.82, 2.24) is 0 Å². The Labute approximate surface area is 186 Å². The first-order valence-electron chi connectivity index (χ1n) is 11.6. The minimum atomic E-state index is -1.18. The Hall–Kier alpha value is -1.85. The minimum Gasteiger partial charge on any atom is -0.257 e. The molecule has 2 unspecified atom stereocenters. The van der Waals surface area contributed by atoms with E-state index < -0.39 is 20.3 Å². The zero-order chi connectivity index (χ0) is 21.5. The number of hydrogen-bond acceptors (Lipinski definition) is 1. The second-order valence-corrected chi connectivity index (χ2v) is 10.2. The summed E-state index contributed by atoms with van der Waals surface area (Å²) in [5.74, 6) is 0. The molecule has 162 valence electrons. The van der Waals surface area contributed by atoms with Gasteiger partial charge in [-0.25, -0.2) is 0 Å². The molecule has 0 saturated heterocycles. The summed E-state index contributed by atoms with van der Waals surface area (Å²) in [5.41, 5.74) is 6.74. The Kier molecular flexibility index (Phi) is 11.0. The lowest BCUT2D eigenvalue weighted by Crippen LogP contribution is -2.44. The quantitative estimate of drug-likeness (QED) is 0.231. The molecular weight excluding hydrogens is 384 g/mol. The molecule has 0 heterocycles. The molecule has 0 fully saturated rings. The summed E-state index contributed by atoms with van der Waals surface area (Å²) in [6.07, 6.45) is 35.7. The third kappa shape index (κ3) is 7.13. The normalized spacial score (nSPS) is 25.3. The smallest absolute Gasteiger partial charge is 0.0941 e. The fourth-order valence-corrected chi connectivity index (χ4v) is 5.70. The van der Waals surface area contributed by atoms with Crippen LogP contribution in [-0.2, 0) is 10.8 Å². The van der Waals surface area contributed by atoms with E-state index in [0.29, 0.717) is 0 Å². The first kappa shape index (κ1) is 24.4. The van der Waals surface area contributed by atoms with Crippen LogP contribution in [0.2, 0.25) is 0 Å². The zero-order valence-corrected chi connectivity index (χ0v) is 19.6. The Balaban J connectivity index is 2.28. The number of allylic oxidation sites excluding steroid dienone is 6. The minimum absolute atomic E-state index is 0.536. The monoisotopic (exact) mass is 422 g/mol. The molecule has 1 nitrogen and oxygen atoms in total. The van der Waals surface area contributed by atoms with Crippen LogP contribution in [0.3, 0.4) is 0 Å². The maximum absolute atomic E-state index is 14.1. The molecule has 0 saturated carbocycles. The molecule has 2 rings (SSSR count). The summed E-state index contributed by atoms with van der Waals surface area (Å²) >= 11 is 0. The van der Waals surface area contributed by atoms with Crippen LogP contribution in [0.1, 0.15) is 78.1 Å². The van der Waals surface area contributed by atoms with Crippen LogP contribution in [0.5, 0.6) is 0 Å². The maximum atomic E-state index is 14.1. The highest BCUT2D eigenvalue weighted by atomic mass is 32.2. The first-order valence-corrected chi connectivity index (χ1v) is 12.8. The van der Waals surface area contributed by atoms with Gasteiger partial charge in [0.15, 0.2) is 0 Å². The van der Waals surface area contributed by atoms with Crippen LogP contribution >= 0.6 is 0 Å². The third-order valence-corrected chi connectivity index (χ3v) is 7.83. The van der Waals surface area contributed by atoms with E-state index in [-0.39, 0.29) is 0 Å². The molecule has 0 bridgehead atoms. The molecule has 2 atom stereocenters. The van der Waals surface area contributed by atoms with Gasteiger partial charge in [-0.2, -0.15) is 0 Å². The summed E-state index contributed by atoms with van der Waals surface area (Å²) in [7, 11) is -1.18. The highest BCUT2D eigenvalue weighted by Crippen LogP contribution is 2.38. The predicted molar refractivity (Wildman–Crippen MR) is 133 cm³/mol. The molecule has 0 spiro atoms. The summed E-state index contributed by atoms with van der Waals surface area (Å²) < 4.78 is 13.0. The van der Waals surface area contributed by atoms with E-state index in [2.05, 4.69) is 61.8 Å². The molecule has 0 N–H and O–H groups in total. The number of hydrogen-bond donors (Lipinski definition) is 0. The average Bonchev–Trinajstić information content (AvgIpc) is 2.79. The predicted octanol–water partition coefficient (Wildman–Crippen LogP) is 7.83. The summed E-state index contributed by atoms with van der Waals surface area (Å²) in [6, 6.07) is 0. The van der Waals surface area contributed by atoms with Crippen LogP contribution in [0.15, 0.2) is 84.4 Å². The summed E-state index contributed by atoms with van der Waals surface area (Å²) in [5, 5.41) is 0. The summed E-state index contributed by atoms with van der Waals surface area (Å²) in [4.78, 5) is 0. The van der Waals surface area contributed by atoms with E-state index in [1.54, 1.807) is 0 Å². The van der Waals surface area contributed by atoms with Crippen molar-refractivity contribution in [1.29, 1.82) is 0 Å². The molecule has 2 heteroatoms. The van der Waals surface area contributed by atoms with Crippen LogP contribution < -0.4 is 0 Å². The fraction of sp³-hybridized carbons (Fsp3) is 0.500. The van der Waals surface area contributed by atoms with Crippen LogP contribution in [-0.4, -0.2) is 13.7 Å². The molecule has 0 radical (unpaired) electrons. The van der Waals surface area contributed by atoms with Crippen molar-refractivity contribution in [2.45, 2.75) is 87.5 Å². The van der Waals surface area contributed by atoms with E-state index in [0.717, 1.165) is 25.7 Å². The lowest BCUT2D eigenvalue weighted by molar-refractivity contribution is 0.642. The zero-order valence-electron chi connectivity index (χ0n) is 18.8. The molecule has 0 aromatic heterocycles. The van der Waals surface area contributed by atoms with Gasteiger partial charge in [-0.3, -0.25) is 4.21 Å². The molecular formula is C28H38OS. The highest BCUT2D eigenvalue weighted by Gasteiger charge is 2.43. The third-order valence-electron chi connectivity index (χ3n) is 5.61. The van der Waals surface area contributed by atoms with Gasteiger partial charge in [0.1, 0.15) is 0 Å². The molecule has 2 aliphatic rings. The second kappa shape index (κ2) is 13.5. The van der Waals surface area contributed by atoms with E-state index >= 15 is 0 Å².